The number of hydrogen-bond donors (Lipinski definition) is 0. The second-order valence-corrected chi connectivity index (χ2v) is 4.53. The van der Waals surface area contributed by atoms with Gasteiger partial charge in [0.1, 0.15) is 5.56 Å². The zero-order valence-electron chi connectivity index (χ0n) is 8.05. The minimum Gasteiger partial charge on any atom is -0.362 e. The molecule has 0 spiro atoms. The molecule has 1 aliphatic heterocycles. The summed E-state index contributed by atoms with van der Waals surface area (Å²) in [6.07, 6.45) is 5.02. The highest BCUT2D eigenvalue weighted by atomic mass is 35.5. The van der Waals surface area contributed by atoms with Crippen molar-refractivity contribution in [1.29, 1.82) is 0 Å². The lowest BCUT2D eigenvalue weighted by Crippen LogP contribution is -2.08. The standard InChI is InChI=1S/C10H19ClO/c1-8(2)4-3-5-9-6-7-12-10(9)11/h8-10H,3-7H2,1-2H3. The van der Waals surface area contributed by atoms with E-state index in [9.17, 15) is 0 Å². The van der Waals surface area contributed by atoms with Gasteiger partial charge in [-0.25, -0.2) is 0 Å². The monoisotopic (exact) mass is 190 g/mol. The molecule has 0 N–H and O–H groups in total. The van der Waals surface area contributed by atoms with E-state index in [1.807, 2.05) is 0 Å². The normalized spacial score (nSPS) is 30.0. The highest BCUT2D eigenvalue weighted by molar-refractivity contribution is 6.20. The van der Waals surface area contributed by atoms with Crippen LogP contribution in [0.3, 0.4) is 0 Å². The molecular formula is C10H19ClO. The summed E-state index contributed by atoms with van der Waals surface area (Å²) in [7, 11) is 0. The fraction of sp³-hybridized carbons (Fsp3) is 1.00. The number of ether oxygens (including phenoxy) is 1. The Kier molecular flexibility index (Phi) is 4.38. The molecule has 12 heavy (non-hydrogen) atoms. The van der Waals surface area contributed by atoms with E-state index in [1.165, 1.54) is 19.3 Å². The van der Waals surface area contributed by atoms with Crippen LogP contribution in [0.25, 0.3) is 0 Å². The van der Waals surface area contributed by atoms with Crippen LogP contribution in [-0.4, -0.2) is 12.2 Å². The Morgan fingerprint density at radius 3 is 2.75 bits per heavy atom. The third-order valence-corrected chi connectivity index (χ3v) is 2.98. The fourth-order valence-corrected chi connectivity index (χ4v) is 2.00. The zero-order chi connectivity index (χ0) is 8.97. The van der Waals surface area contributed by atoms with Gasteiger partial charge in [0.05, 0.1) is 0 Å². The Morgan fingerprint density at radius 2 is 2.25 bits per heavy atom. The van der Waals surface area contributed by atoms with E-state index in [1.54, 1.807) is 0 Å². The third-order valence-electron chi connectivity index (χ3n) is 2.49. The first-order valence-electron chi connectivity index (χ1n) is 4.96. The SMILES string of the molecule is CC(C)CCCC1CCOC1Cl. The first-order chi connectivity index (χ1) is 5.70. The number of rotatable bonds is 4. The van der Waals surface area contributed by atoms with Gasteiger partial charge in [-0.1, -0.05) is 38.3 Å². The van der Waals surface area contributed by atoms with Gasteiger partial charge in [-0.05, 0) is 18.8 Å². The molecule has 2 unspecified atom stereocenters. The van der Waals surface area contributed by atoms with Gasteiger partial charge < -0.3 is 4.74 Å². The smallest absolute Gasteiger partial charge is 0.134 e. The van der Waals surface area contributed by atoms with Crippen molar-refractivity contribution in [2.75, 3.05) is 6.61 Å². The van der Waals surface area contributed by atoms with Crippen molar-refractivity contribution in [3.8, 4) is 0 Å². The Balaban J connectivity index is 2.06. The number of alkyl halides is 1. The van der Waals surface area contributed by atoms with Gasteiger partial charge in [-0.15, -0.1) is 0 Å². The maximum absolute atomic E-state index is 5.97. The van der Waals surface area contributed by atoms with Gasteiger partial charge in [-0.2, -0.15) is 0 Å². The summed E-state index contributed by atoms with van der Waals surface area (Å²) in [5.41, 5.74) is -0.00263. The van der Waals surface area contributed by atoms with Crippen LogP contribution in [0.2, 0.25) is 0 Å². The summed E-state index contributed by atoms with van der Waals surface area (Å²) in [6, 6.07) is 0. The van der Waals surface area contributed by atoms with Crippen LogP contribution < -0.4 is 0 Å². The highest BCUT2D eigenvalue weighted by Crippen LogP contribution is 2.28. The molecule has 1 heterocycles. The predicted octanol–water partition coefficient (Wildman–Crippen LogP) is 3.41. The molecule has 1 nitrogen and oxygen atoms in total. The van der Waals surface area contributed by atoms with Crippen LogP contribution in [0.5, 0.6) is 0 Å². The first kappa shape index (κ1) is 10.3. The van der Waals surface area contributed by atoms with Gasteiger partial charge in [0.2, 0.25) is 0 Å². The molecule has 2 atom stereocenters. The molecule has 0 amide bonds. The molecule has 1 rings (SSSR count). The molecule has 0 aromatic carbocycles. The quantitative estimate of drug-likeness (QED) is 0.618. The molecule has 0 saturated carbocycles. The molecule has 0 radical (unpaired) electrons. The summed E-state index contributed by atoms with van der Waals surface area (Å²) in [4.78, 5) is 0. The lowest BCUT2D eigenvalue weighted by molar-refractivity contribution is 0.150. The van der Waals surface area contributed by atoms with E-state index in [0.29, 0.717) is 5.92 Å². The Labute approximate surface area is 80.4 Å². The van der Waals surface area contributed by atoms with Gasteiger partial charge in [0, 0.05) is 12.5 Å². The molecular weight excluding hydrogens is 172 g/mol. The number of hydrogen-bond acceptors (Lipinski definition) is 1. The van der Waals surface area contributed by atoms with Crippen molar-refractivity contribution in [3.05, 3.63) is 0 Å². The van der Waals surface area contributed by atoms with Crippen molar-refractivity contribution in [1.82, 2.24) is 0 Å². The van der Waals surface area contributed by atoms with Gasteiger partial charge >= 0.3 is 0 Å². The second kappa shape index (κ2) is 5.08. The van der Waals surface area contributed by atoms with E-state index >= 15 is 0 Å². The third kappa shape index (κ3) is 3.32. The van der Waals surface area contributed by atoms with Crippen LogP contribution in [0, 0.1) is 11.8 Å². The van der Waals surface area contributed by atoms with Gasteiger partial charge in [0.15, 0.2) is 0 Å². The summed E-state index contributed by atoms with van der Waals surface area (Å²) in [5, 5.41) is 0. The summed E-state index contributed by atoms with van der Waals surface area (Å²) in [6.45, 7) is 5.40. The Hall–Kier alpha value is 0.250. The van der Waals surface area contributed by atoms with Crippen LogP contribution in [0.1, 0.15) is 39.5 Å². The Morgan fingerprint density at radius 1 is 1.50 bits per heavy atom. The van der Waals surface area contributed by atoms with Crippen molar-refractivity contribution >= 4 is 11.6 Å². The van der Waals surface area contributed by atoms with Crippen LogP contribution in [0.15, 0.2) is 0 Å². The average molecular weight is 191 g/mol. The van der Waals surface area contributed by atoms with Crippen molar-refractivity contribution in [2.24, 2.45) is 11.8 Å². The van der Waals surface area contributed by atoms with Crippen LogP contribution in [0.4, 0.5) is 0 Å². The van der Waals surface area contributed by atoms with Gasteiger partial charge in [-0.3, -0.25) is 0 Å². The summed E-state index contributed by atoms with van der Waals surface area (Å²) >= 11 is 5.97. The Bertz CT molecular complexity index is 125. The maximum Gasteiger partial charge on any atom is 0.134 e. The molecule has 0 aliphatic carbocycles. The average Bonchev–Trinajstić information content (AvgIpc) is 2.36. The van der Waals surface area contributed by atoms with E-state index in [4.69, 9.17) is 16.3 Å². The van der Waals surface area contributed by atoms with E-state index in [-0.39, 0.29) is 5.56 Å². The topological polar surface area (TPSA) is 9.23 Å². The fourth-order valence-electron chi connectivity index (χ4n) is 1.66. The molecule has 1 fully saturated rings. The summed E-state index contributed by atoms with van der Waals surface area (Å²) < 4.78 is 5.29. The van der Waals surface area contributed by atoms with Crippen LogP contribution >= 0.6 is 11.6 Å². The van der Waals surface area contributed by atoms with Gasteiger partial charge in [0.25, 0.3) is 0 Å². The van der Waals surface area contributed by atoms with E-state index in [0.717, 1.165) is 18.9 Å². The molecule has 0 bridgehead atoms. The molecule has 72 valence electrons. The molecule has 1 saturated heterocycles. The van der Waals surface area contributed by atoms with E-state index in [2.05, 4.69) is 13.8 Å². The highest BCUT2D eigenvalue weighted by Gasteiger charge is 2.25. The lowest BCUT2D eigenvalue weighted by Gasteiger charge is -2.12. The number of halogens is 1. The predicted molar refractivity (Wildman–Crippen MR) is 52.4 cm³/mol. The molecule has 1 aliphatic rings. The molecule has 2 heteroatoms. The first-order valence-corrected chi connectivity index (χ1v) is 5.39. The van der Waals surface area contributed by atoms with E-state index < -0.39 is 0 Å². The zero-order valence-corrected chi connectivity index (χ0v) is 8.81. The van der Waals surface area contributed by atoms with Crippen molar-refractivity contribution in [2.45, 2.75) is 45.1 Å². The molecule has 0 aromatic rings. The lowest BCUT2D eigenvalue weighted by atomic mass is 9.98. The van der Waals surface area contributed by atoms with Crippen molar-refractivity contribution < 1.29 is 4.74 Å². The molecule has 0 aromatic heterocycles. The van der Waals surface area contributed by atoms with Crippen molar-refractivity contribution in [3.63, 3.8) is 0 Å². The minimum atomic E-state index is -0.00263. The second-order valence-electron chi connectivity index (χ2n) is 4.10. The maximum atomic E-state index is 5.97. The van der Waals surface area contributed by atoms with Crippen LogP contribution in [-0.2, 0) is 4.74 Å². The minimum absolute atomic E-state index is 0.00263. The largest absolute Gasteiger partial charge is 0.362 e. The summed E-state index contributed by atoms with van der Waals surface area (Å²) in [5.74, 6) is 1.44.